The molecule has 0 bridgehead atoms. The van der Waals surface area contributed by atoms with Gasteiger partial charge in [0.2, 0.25) is 10.0 Å². The summed E-state index contributed by atoms with van der Waals surface area (Å²) in [6.45, 7) is 1.18. The number of hydrogen-bond donors (Lipinski definition) is 1. The van der Waals surface area contributed by atoms with Gasteiger partial charge in [-0.15, -0.1) is 0 Å². The maximum Gasteiger partial charge on any atom is 0.243 e. The second-order valence-corrected chi connectivity index (χ2v) is 10.8. The summed E-state index contributed by atoms with van der Waals surface area (Å²) in [6.07, 6.45) is 0. The van der Waals surface area contributed by atoms with Gasteiger partial charge in [-0.1, -0.05) is 6.07 Å². The summed E-state index contributed by atoms with van der Waals surface area (Å²) in [5, 5.41) is 11.2. The molecule has 0 radical (unpaired) electrons. The molecule has 9 heteroatoms. The number of likely N-dealkylation sites (N-methyl/N-ethyl adjacent to an activating group) is 1. The topological polar surface area (TPSA) is 75.0 Å². The molecule has 1 N–H and O–H groups in total. The minimum atomic E-state index is -3.80. The van der Waals surface area contributed by atoms with Crippen molar-refractivity contribution in [2.75, 3.05) is 40.4 Å². The Morgan fingerprint density at radius 1 is 1.16 bits per heavy atom. The second-order valence-electron chi connectivity index (χ2n) is 8.83. The van der Waals surface area contributed by atoms with E-state index in [9.17, 15) is 17.9 Å². The Hall–Kier alpha value is -2.46. The summed E-state index contributed by atoms with van der Waals surface area (Å²) in [6, 6.07) is 10.8. The number of sulfonamides is 1. The first-order valence-electron chi connectivity index (χ1n) is 10.5. The van der Waals surface area contributed by atoms with Crippen LogP contribution in [0.2, 0.25) is 0 Å². The van der Waals surface area contributed by atoms with Crippen LogP contribution in [0.25, 0.3) is 10.9 Å². The number of benzene rings is 2. The van der Waals surface area contributed by atoms with E-state index in [1.165, 1.54) is 22.5 Å². The van der Waals surface area contributed by atoms with Crippen LogP contribution in [-0.2, 0) is 22.5 Å². The molecule has 2 aromatic carbocycles. The van der Waals surface area contributed by atoms with Gasteiger partial charge in [0.05, 0.1) is 30.2 Å². The van der Waals surface area contributed by atoms with E-state index in [1.54, 1.807) is 7.11 Å². The lowest BCUT2D eigenvalue weighted by Crippen LogP contribution is -2.67. The highest BCUT2D eigenvalue weighted by molar-refractivity contribution is 7.89. The minimum absolute atomic E-state index is 0.0346. The molecule has 3 aromatic rings. The first-order chi connectivity index (χ1) is 15.2. The van der Waals surface area contributed by atoms with E-state index in [0.29, 0.717) is 19.6 Å². The van der Waals surface area contributed by atoms with Crippen molar-refractivity contribution in [1.82, 2.24) is 13.8 Å². The molecular weight excluding hydrogens is 433 g/mol. The Labute approximate surface area is 186 Å². The number of halogens is 1. The Kier molecular flexibility index (Phi) is 4.86. The van der Waals surface area contributed by atoms with Crippen molar-refractivity contribution in [2.45, 2.75) is 16.4 Å². The summed E-state index contributed by atoms with van der Waals surface area (Å²) < 4.78 is 48.9. The first-order valence-corrected chi connectivity index (χ1v) is 11.9. The number of aryl methyl sites for hydroxylation is 1. The second kappa shape index (κ2) is 7.28. The van der Waals surface area contributed by atoms with Crippen LogP contribution in [0.1, 0.15) is 17.3 Å². The monoisotopic (exact) mass is 459 g/mol. The molecule has 1 fully saturated rings. The molecule has 0 unspecified atom stereocenters. The van der Waals surface area contributed by atoms with E-state index in [-0.39, 0.29) is 17.5 Å². The summed E-state index contributed by atoms with van der Waals surface area (Å²) in [5.74, 6) is 0.164. The van der Waals surface area contributed by atoms with E-state index >= 15 is 0 Å². The Bertz CT molecular complexity index is 1310. The molecular formula is C23H26FN3O4S. The largest absolute Gasteiger partial charge is 0.497 e. The minimum Gasteiger partial charge on any atom is -0.497 e. The van der Waals surface area contributed by atoms with Crippen molar-refractivity contribution < 1.29 is 22.7 Å². The SMILES string of the molecule is COc1ccc2c3c(n(C)c2c1)[C@H](CO)N(C)CC31CN(S(=O)(=O)c2cccc(F)c2)C1. The Morgan fingerprint density at radius 3 is 2.56 bits per heavy atom. The van der Waals surface area contributed by atoms with Crippen molar-refractivity contribution in [3.8, 4) is 5.75 Å². The first kappa shape index (κ1) is 21.4. The van der Waals surface area contributed by atoms with Crippen molar-refractivity contribution in [1.29, 1.82) is 0 Å². The van der Waals surface area contributed by atoms with Gasteiger partial charge in [-0.25, -0.2) is 12.8 Å². The van der Waals surface area contributed by atoms with Crippen LogP contribution in [0.3, 0.4) is 0 Å². The number of aromatic nitrogens is 1. The van der Waals surface area contributed by atoms with E-state index in [4.69, 9.17) is 4.74 Å². The predicted octanol–water partition coefficient (Wildman–Crippen LogP) is 2.25. The summed E-state index contributed by atoms with van der Waals surface area (Å²) in [5.41, 5.74) is 2.64. The van der Waals surface area contributed by atoms with E-state index in [1.807, 2.05) is 32.3 Å². The van der Waals surface area contributed by atoms with Gasteiger partial charge in [0.1, 0.15) is 11.6 Å². The fourth-order valence-electron chi connectivity index (χ4n) is 5.44. The number of aliphatic hydroxyl groups is 1. The predicted molar refractivity (Wildman–Crippen MR) is 119 cm³/mol. The number of aliphatic hydroxyl groups excluding tert-OH is 1. The quantitative estimate of drug-likeness (QED) is 0.648. The zero-order valence-corrected chi connectivity index (χ0v) is 19.1. The van der Waals surface area contributed by atoms with Gasteiger partial charge >= 0.3 is 0 Å². The van der Waals surface area contributed by atoms with Crippen molar-refractivity contribution in [3.63, 3.8) is 0 Å². The molecule has 1 aromatic heterocycles. The Morgan fingerprint density at radius 2 is 1.91 bits per heavy atom. The summed E-state index contributed by atoms with van der Waals surface area (Å²) in [7, 11) is 1.74. The molecule has 1 atom stereocenters. The third-order valence-corrected chi connectivity index (χ3v) is 8.74. The van der Waals surface area contributed by atoms with Gasteiger partial charge in [0.15, 0.2) is 0 Å². The number of nitrogens with zero attached hydrogens (tertiary/aromatic N) is 3. The van der Waals surface area contributed by atoms with Crippen LogP contribution in [0.15, 0.2) is 47.4 Å². The van der Waals surface area contributed by atoms with Gasteiger partial charge in [0, 0.05) is 49.2 Å². The van der Waals surface area contributed by atoms with Gasteiger partial charge in [0.25, 0.3) is 0 Å². The highest BCUT2D eigenvalue weighted by Gasteiger charge is 2.55. The fourth-order valence-corrected chi connectivity index (χ4v) is 7.09. The highest BCUT2D eigenvalue weighted by Crippen LogP contribution is 2.50. The third-order valence-electron chi connectivity index (χ3n) is 6.95. The molecule has 0 amide bonds. The number of fused-ring (bicyclic) bond motifs is 4. The van der Waals surface area contributed by atoms with Gasteiger partial charge < -0.3 is 14.4 Å². The Balaban J connectivity index is 1.61. The standard InChI is InChI=1S/C23H26FN3O4S/c1-25-12-23(13-27(14-23)32(29,30)17-6-4-5-15(24)9-17)21-18-8-7-16(31-3)10-19(18)26(2)22(21)20(25)11-28/h4-10,20,28H,11-14H2,1-3H3/t20-/m0/s1. The van der Waals surface area contributed by atoms with E-state index in [2.05, 4.69) is 9.47 Å². The van der Waals surface area contributed by atoms with Crippen LogP contribution in [-0.4, -0.2) is 67.7 Å². The number of rotatable bonds is 4. The van der Waals surface area contributed by atoms with Crippen molar-refractivity contribution in [3.05, 3.63) is 59.5 Å². The fraction of sp³-hybridized carbons (Fsp3) is 0.391. The maximum absolute atomic E-state index is 13.7. The van der Waals surface area contributed by atoms with Crippen LogP contribution in [0.4, 0.5) is 4.39 Å². The average Bonchev–Trinajstić information content (AvgIpc) is 3.04. The lowest BCUT2D eigenvalue weighted by molar-refractivity contribution is 0.0451. The third kappa shape index (κ3) is 2.92. The number of methoxy groups -OCH3 is 1. The van der Waals surface area contributed by atoms with Crippen LogP contribution in [0.5, 0.6) is 5.75 Å². The molecule has 2 aliphatic rings. The molecule has 170 valence electrons. The van der Waals surface area contributed by atoms with Crippen LogP contribution >= 0.6 is 0 Å². The molecule has 1 spiro atoms. The molecule has 1 saturated heterocycles. The molecule has 7 nitrogen and oxygen atoms in total. The average molecular weight is 460 g/mol. The summed E-state index contributed by atoms with van der Waals surface area (Å²) in [4.78, 5) is 2.05. The van der Waals surface area contributed by atoms with E-state index in [0.717, 1.165) is 34.0 Å². The zero-order chi connectivity index (χ0) is 22.8. The van der Waals surface area contributed by atoms with Gasteiger partial charge in [-0.2, -0.15) is 4.31 Å². The lowest BCUT2D eigenvalue weighted by Gasteiger charge is -2.55. The molecule has 3 heterocycles. The zero-order valence-electron chi connectivity index (χ0n) is 18.2. The number of ether oxygens (including phenoxy) is 1. The number of hydrogen-bond acceptors (Lipinski definition) is 5. The molecule has 32 heavy (non-hydrogen) atoms. The molecule has 2 aliphatic heterocycles. The smallest absolute Gasteiger partial charge is 0.243 e. The van der Waals surface area contributed by atoms with Gasteiger partial charge in [-0.3, -0.25) is 4.90 Å². The van der Waals surface area contributed by atoms with Gasteiger partial charge in [-0.05, 0) is 42.9 Å². The van der Waals surface area contributed by atoms with Crippen molar-refractivity contribution in [2.24, 2.45) is 7.05 Å². The normalized spacial score (nSPS) is 21.0. The van der Waals surface area contributed by atoms with Crippen LogP contribution in [0, 0.1) is 5.82 Å². The van der Waals surface area contributed by atoms with E-state index < -0.39 is 21.3 Å². The lowest BCUT2D eigenvalue weighted by atomic mass is 9.70. The molecule has 0 aliphatic carbocycles. The highest BCUT2D eigenvalue weighted by atomic mass is 32.2. The molecule has 0 saturated carbocycles. The van der Waals surface area contributed by atoms with Crippen LogP contribution < -0.4 is 4.74 Å². The maximum atomic E-state index is 13.7. The molecule has 5 rings (SSSR count). The summed E-state index contributed by atoms with van der Waals surface area (Å²) >= 11 is 0. The van der Waals surface area contributed by atoms with Crippen molar-refractivity contribution >= 4 is 20.9 Å².